The molecule has 0 unspecified atom stereocenters. The number of hydrogen-bond donors (Lipinski definition) is 1. The Bertz CT molecular complexity index is 426. The van der Waals surface area contributed by atoms with Crippen molar-refractivity contribution in [2.75, 3.05) is 6.54 Å². The standard InChI is InChI=1S/C15H19NO/c1-3-4-5-11-16-15(17)10-9-14-8-6-7-13(2)12-14/h6-8,12H,5,9-11H2,1-2H3,(H,16,17). The first-order valence-corrected chi connectivity index (χ1v) is 5.94. The van der Waals surface area contributed by atoms with Crippen molar-refractivity contribution in [3.63, 3.8) is 0 Å². The quantitative estimate of drug-likeness (QED) is 0.610. The van der Waals surface area contributed by atoms with Crippen LogP contribution in [0, 0.1) is 18.8 Å². The second-order valence-electron chi connectivity index (χ2n) is 4.02. The maximum atomic E-state index is 11.5. The molecule has 0 saturated heterocycles. The molecule has 0 aliphatic rings. The van der Waals surface area contributed by atoms with Crippen molar-refractivity contribution in [2.24, 2.45) is 0 Å². The highest BCUT2D eigenvalue weighted by Gasteiger charge is 2.01. The number of nitrogens with one attached hydrogen (secondary N) is 1. The number of amides is 1. The second kappa shape index (κ2) is 7.51. The lowest BCUT2D eigenvalue weighted by Crippen LogP contribution is -2.24. The van der Waals surface area contributed by atoms with E-state index in [1.165, 1.54) is 11.1 Å². The van der Waals surface area contributed by atoms with Crippen LogP contribution in [0.1, 0.15) is 30.9 Å². The Balaban J connectivity index is 2.25. The van der Waals surface area contributed by atoms with E-state index in [0.29, 0.717) is 13.0 Å². The summed E-state index contributed by atoms with van der Waals surface area (Å²) < 4.78 is 0. The zero-order valence-electron chi connectivity index (χ0n) is 10.5. The van der Waals surface area contributed by atoms with E-state index in [4.69, 9.17) is 0 Å². The Morgan fingerprint density at radius 3 is 2.94 bits per heavy atom. The third kappa shape index (κ3) is 5.77. The largest absolute Gasteiger partial charge is 0.355 e. The summed E-state index contributed by atoms with van der Waals surface area (Å²) in [6.07, 6.45) is 2.07. The summed E-state index contributed by atoms with van der Waals surface area (Å²) >= 11 is 0. The van der Waals surface area contributed by atoms with Gasteiger partial charge in [-0.05, 0) is 25.8 Å². The van der Waals surface area contributed by atoms with Crippen LogP contribution in [0.2, 0.25) is 0 Å². The minimum Gasteiger partial charge on any atom is -0.355 e. The van der Waals surface area contributed by atoms with Crippen LogP contribution in [-0.2, 0) is 11.2 Å². The molecule has 1 aromatic carbocycles. The molecule has 0 radical (unpaired) electrons. The minimum absolute atomic E-state index is 0.101. The van der Waals surface area contributed by atoms with Crippen molar-refractivity contribution >= 4 is 5.91 Å². The molecule has 17 heavy (non-hydrogen) atoms. The molecule has 0 aliphatic carbocycles. The van der Waals surface area contributed by atoms with Crippen molar-refractivity contribution < 1.29 is 4.79 Å². The highest BCUT2D eigenvalue weighted by Crippen LogP contribution is 2.06. The van der Waals surface area contributed by atoms with E-state index in [0.717, 1.165) is 12.8 Å². The summed E-state index contributed by atoms with van der Waals surface area (Å²) in [5, 5.41) is 2.86. The van der Waals surface area contributed by atoms with Gasteiger partial charge in [-0.1, -0.05) is 29.8 Å². The Kier molecular flexibility index (Phi) is 5.88. The molecule has 0 spiro atoms. The van der Waals surface area contributed by atoms with Crippen molar-refractivity contribution in [2.45, 2.75) is 33.1 Å². The molecule has 0 fully saturated rings. The smallest absolute Gasteiger partial charge is 0.220 e. The first kappa shape index (κ1) is 13.3. The van der Waals surface area contributed by atoms with Gasteiger partial charge in [0.15, 0.2) is 0 Å². The molecule has 2 heteroatoms. The summed E-state index contributed by atoms with van der Waals surface area (Å²) in [7, 11) is 0. The van der Waals surface area contributed by atoms with E-state index in [-0.39, 0.29) is 5.91 Å². The molecular weight excluding hydrogens is 210 g/mol. The first-order chi connectivity index (χ1) is 8.22. The number of hydrogen-bond acceptors (Lipinski definition) is 1. The van der Waals surface area contributed by atoms with Crippen molar-refractivity contribution in [1.82, 2.24) is 5.32 Å². The maximum Gasteiger partial charge on any atom is 0.220 e. The molecule has 0 heterocycles. The maximum absolute atomic E-state index is 11.5. The van der Waals surface area contributed by atoms with Gasteiger partial charge in [0.05, 0.1) is 0 Å². The zero-order chi connectivity index (χ0) is 12.5. The third-order valence-corrected chi connectivity index (χ3v) is 2.47. The lowest BCUT2D eigenvalue weighted by molar-refractivity contribution is -0.121. The van der Waals surface area contributed by atoms with Crippen molar-refractivity contribution in [1.29, 1.82) is 0 Å². The third-order valence-electron chi connectivity index (χ3n) is 2.47. The van der Waals surface area contributed by atoms with Crippen LogP contribution in [0.15, 0.2) is 24.3 Å². The number of carbonyl (C=O) groups is 1. The van der Waals surface area contributed by atoms with E-state index in [1.54, 1.807) is 6.92 Å². The number of carbonyl (C=O) groups excluding carboxylic acids is 1. The van der Waals surface area contributed by atoms with Crippen LogP contribution >= 0.6 is 0 Å². The second-order valence-corrected chi connectivity index (χ2v) is 4.02. The fourth-order valence-electron chi connectivity index (χ4n) is 1.60. The van der Waals surface area contributed by atoms with Gasteiger partial charge in [-0.2, -0.15) is 0 Å². The lowest BCUT2D eigenvalue weighted by Gasteiger charge is -2.04. The van der Waals surface area contributed by atoms with Crippen LogP contribution in [0.25, 0.3) is 0 Å². The van der Waals surface area contributed by atoms with Gasteiger partial charge in [0.2, 0.25) is 5.91 Å². The molecule has 1 amide bonds. The summed E-state index contributed by atoms with van der Waals surface area (Å²) in [4.78, 5) is 11.5. The first-order valence-electron chi connectivity index (χ1n) is 5.94. The molecule has 0 saturated carbocycles. The van der Waals surface area contributed by atoms with Crippen molar-refractivity contribution in [3.8, 4) is 11.8 Å². The SMILES string of the molecule is CC#CCCNC(=O)CCc1cccc(C)c1. The zero-order valence-corrected chi connectivity index (χ0v) is 10.5. The Morgan fingerprint density at radius 2 is 2.24 bits per heavy atom. The average molecular weight is 229 g/mol. The van der Waals surface area contributed by atoms with Crippen molar-refractivity contribution in [3.05, 3.63) is 35.4 Å². The van der Waals surface area contributed by atoms with Gasteiger partial charge in [0.1, 0.15) is 0 Å². The van der Waals surface area contributed by atoms with E-state index < -0.39 is 0 Å². The van der Waals surface area contributed by atoms with Crippen LogP contribution in [0.3, 0.4) is 0 Å². The molecule has 0 aliphatic heterocycles. The van der Waals surface area contributed by atoms with Gasteiger partial charge < -0.3 is 5.32 Å². The van der Waals surface area contributed by atoms with E-state index in [1.807, 2.05) is 6.07 Å². The minimum atomic E-state index is 0.101. The van der Waals surface area contributed by atoms with Crippen LogP contribution in [0.5, 0.6) is 0 Å². The Hall–Kier alpha value is -1.75. The Morgan fingerprint density at radius 1 is 1.41 bits per heavy atom. The van der Waals surface area contributed by atoms with Gasteiger partial charge in [-0.3, -0.25) is 4.79 Å². The normalized spacial score (nSPS) is 9.29. The fraction of sp³-hybridized carbons (Fsp3) is 0.400. The van der Waals surface area contributed by atoms with Gasteiger partial charge in [0, 0.05) is 19.4 Å². The molecule has 0 atom stereocenters. The van der Waals surface area contributed by atoms with E-state index in [9.17, 15) is 4.79 Å². The predicted octanol–water partition coefficient (Wildman–Crippen LogP) is 2.46. The number of aryl methyl sites for hydroxylation is 2. The molecule has 90 valence electrons. The number of benzene rings is 1. The molecule has 1 rings (SSSR count). The molecule has 0 aromatic heterocycles. The molecule has 1 N–H and O–H groups in total. The predicted molar refractivity (Wildman–Crippen MR) is 70.6 cm³/mol. The highest BCUT2D eigenvalue weighted by molar-refractivity contribution is 5.76. The summed E-state index contributed by atoms with van der Waals surface area (Å²) in [5.74, 6) is 5.83. The molecular formula is C15H19NO. The van der Waals surface area contributed by atoms with E-state index in [2.05, 4.69) is 42.3 Å². The molecule has 2 nitrogen and oxygen atoms in total. The van der Waals surface area contributed by atoms with Gasteiger partial charge in [-0.25, -0.2) is 0 Å². The molecule has 0 bridgehead atoms. The van der Waals surface area contributed by atoms with Gasteiger partial charge in [0.25, 0.3) is 0 Å². The summed E-state index contributed by atoms with van der Waals surface area (Å²) in [6, 6.07) is 8.27. The summed E-state index contributed by atoms with van der Waals surface area (Å²) in [5.41, 5.74) is 2.45. The van der Waals surface area contributed by atoms with E-state index >= 15 is 0 Å². The monoisotopic (exact) mass is 229 g/mol. The van der Waals surface area contributed by atoms with Crippen LogP contribution in [-0.4, -0.2) is 12.5 Å². The molecule has 1 aromatic rings. The van der Waals surface area contributed by atoms with Crippen LogP contribution in [0.4, 0.5) is 0 Å². The average Bonchev–Trinajstić information content (AvgIpc) is 2.32. The highest BCUT2D eigenvalue weighted by atomic mass is 16.1. The van der Waals surface area contributed by atoms with Crippen LogP contribution < -0.4 is 5.32 Å². The topological polar surface area (TPSA) is 29.1 Å². The lowest BCUT2D eigenvalue weighted by atomic mass is 10.1. The fourth-order valence-corrected chi connectivity index (χ4v) is 1.60. The Labute approximate surface area is 103 Å². The van der Waals surface area contributed by atoms with Gasteiger partial charge in [-0.15, -0.1) is 11.8 Å². The number of rotatable bonds is 5. The summed E-state index contributed by atoms with van der Waals surface area (Å²) in [6.45, 7) is 4.51. The van der Waals surface area contributed by atoms with Gasteiger partial charge >= 0.3 is 0 Å².